The second kappa shape index (κ2) is 8.37. The third-order valence-corrected chi connectivity index (χ3v) is 5.76. The van der Waals surface area contributed by atoms with Gasteiger partial charge in [-0.05, 0) is 55.3 Å². The molecule has 0 spiro atoms. The zero-order valence-corrected chi connectivity index (χ0v) is 17.8. The predicted octanol–water partition coefficient (Wildman–Crippen LogP) is 4.14. The molecule has 0 bridgehead atoms. The fourth-order valence-corrected chi connectivity index (χ4v) is 4.17. The van der Waals surface area contributed by atoms with Crippen LogP contribution in [0, 0.1) is 19.7 Å². The monoisotopic (exact) mass is 449 g/mol. The summed E-state index contributed by atoms with van der Waals surface area (Å²) in [5, 5.41) is 0.00383. The average Bonchev–Trinajstić information content (AvgIpc) is 2.66. The summed E-state index contributed by atoms with van der Waals surface area (Å²) in [7, 11) is -2.92. The van der Waals surface area contributed by atoms with Gasteiger partial charge in [-0.15, -0.1) is 0 Å². The minimum Gasteiger partial charge on any atom is -0.465 e. The molecular formula is C20H17ClFN3O4S. The maximum absolute atomic E-state index is 13.6. The summed E-state index contributed by atoms with van der Waals surface area (Å²) < 4.78 is 46.0. The number of esters is 1. The van der Waals surface area contributed by atoms with E-state index >= 15 is 0 Å². The number of sulfonamides is 1. The first kappa shape index (κ1) is 21.7. The molecule has 0 aliphatic rings. The minimum atomic E-state index is -4.12. The highest BCUT2D eigenvalue weighted by Gasteiger charge is 2.20. The van der Waals surface area contributed by atoms with Crippen molar-refractivity contribution in [2.45, 2.75) is 18.7 Å². The molecule has 7 nitrogen and oxygen atoms in total. The van der Waals surface area contributed by atoms with Crippen molar-refractivity contribution in [1.29, 1.82) is 0 Å². The van der Waals surface area contributed by atoms with Gasteiger partial charge in [0.15, 0.2) is 0 Å². The number of rotatable bonds is 5. The van der Waals surface area contributed by atoms with E-state index in [-0.39, 0.29) is 27.4 Å². The first-order valence-corrected chi connectivity index (χ1v) is 10.5. The number of carbonyl (C=O) groups excluding carboxylic acids is 1. The van der Waals surface area contributed by atoms with Crippen molar-refractivity contribution in [2.75, 3.05) is 11.8 Å². The Bertz CT molecular complexity index is 1230. The van der Waals surface area contributed by atoms with Crippen molar-refractivity contribution in [3.63, 3.8) is 0 Å². The molecule has 0 amide bonds. The highest BCUT2D eigenvalue weighted by atomic mass is 35.5. The van der Waals surface area contributed by atoms with Crippen molar-refractivity contribution >= 4 is 33.5 Å². The number of hydrogen-bond donors (Lipinski definition) is 1. The predicted molar refractivity (Wildman–Crippen MR) is 111 cm³/mol. The van der Waals surface area contributed by atoms with E-state index in [0.717, 1.165) is 0 Å². The van der Waals surface area contributed by atoms with Crippen molar-refractivity contribution in [3.05, 3.63) is 70.1 Å². The fraction of sp³-hybridized carbons (Fsp3) is 0.150. The quantitative estimate of drug-likeness (QED) is 0.464. The Labute approximate surface area is 177 Å². The summed E-state index contributed by atoms with van der Waals surface area (Å²) in [6.45, 7) is 3.42. The van der Waals surface area contributed by atoms with Gasteiger partial charge in [0.25, 0.3) is 10.0 Å². The third-order valence-electron chi connectivity index (χ3n) is 4.24. The topological polar surface area (TPSA) is 98.2 Å². The Morgan fingerprint density at radius 1 is 1.10 bits per heavy atom. The van der Waals surface area contributed by atoms with Crippen LogP contribution in [0.3, 0.4) is 0 Å². The van der Waals surface area contributed by atoms with E-state index in [2.05, 4.69) is 19.4 Å². The zero-order valence-electron chi connectivity index (χ0n) is 16.2. The van der Waals surface area contributed by atoms with Crippen LogP contribution in [0.2, 0.25) is 5.15 Å². The van der Waals surface area contributed by atoms with Crippen LogP contribution in [0.5, 0.6) is 0 Å². The number of nitrogens with zero attached hydrogens (tertiary/aromatic N) is 2. The van der Waals surface area contributed by atoms with Crippen LogP contribution in [0.15, 0.2) is 47.4 Å². The van der Waals surface area contributed by atoms with Crippen LogP contribution >= 0.6 is 11.6 Å². The first-order chi connectivity index (χ1) is 14.1. The molecule has 0 aliphatic carbocycles. The number of carbonyl (C=O) groups is 1. The molecule has 1 aromatic heterocycles. The van der Waals surface area contributed by atoms with Gasteiger partial charge in [0.2, 0.25) is 5.95 Å². The van der Waals surface area contributed by atoms with E-state index in [4.69, 9.17) is 11.6 Å². The highest BCUT2D eigenvalue weighted by molar-refractivity contribution is 7.92. The van der Waals surface area contributed by atoms with E-state index in [1.807, 2.05) is 0 Å². The lowest BCUT2D eigenvalue weighted by molar-refractivity contribution is 0.0600. The average molecular weight is 450 g/mol. The number of benzene rings is 2. The van der Waals surface area contributed by atoms with Gasteiger partial charge < -0.3 is 4.74 Å². The Kier molecular flexibility index (Phi) is 6.04. The van der Waals surface area contributed by atoms with Crippen LogP contribution in [-0.2, 0) is 14.8 Å². The molecule has 0 radical (unpaired) electrons. The summed E-state index contributed by atoms with van der Waals surface area (Å²) in [5.41, 5.74) is 2.26. The Hall–Kier alpha value is -3.04. The molecule has 0 saturated heterocycles. The van der Waals surface area contributed by atoms with Crippen molar-refractivity contribution in [1.82, 2.24) is 9.97 Å². The van der Waals surface area contributed by atoms with Gasteiger partial charge in [-0.2, -0.15) is 0 Å². The molecule has 0 fully saturated rings. The van der Waals surface area contributed by atoms with Crippen molar-refractivity contribution in [3.8, 4) is 11.3 Å². The van der Waals surface area contributed by atoms with Crippen LogP contribution in [0.4, 0.5) is 10.3 Å². The number of hydrogen-bond acceptors (Lipinski definition) is 6. The standard InChI is InChI=1S/C20H17ClFN3O4S/c1-11-7-14(22)8-12(2)18(11)16-10-17(21)24-20(23-16)25-30(27,28)15-6-4-5-13(9-15)19(26)29-3/h4-10H,1-3H3,(H,23,24,25). The first-order valence-electron chi connectivity index (χ1n) is 8.63. The summed E-state index contributed by atoms with van der Waals surface area (Å²) in [4.78, 5) is 19.7. The summed E-state index contributed by atoms with van der Waals surface area (Å²) >= 11 is 6.08. The molecule has 10 heteroatoms. The van der Waals surface area contributed by atoms with Crippen LogP contribution < -0.4 is 4.72 Å². The molecule has 0 unspecified atom stereocenters. The van der Waals surface area contributed by atoms with Gasteiger partial charge in [0.05, 0.1) is 23.3 Å². The second-order valence-corrected chi connectivity index (χ2v) is 8.51. The molecular weight excluding hydrogens is 433 g/mol. The maximum Gasteiger partial charge on any atom is 0.337 e. The molecule has 3 aromatic rings. The van der Waals surface area contributed by atoms with Crippen molar-refractivity contribution < 1.29 is 22.3 Å². The molecule has 1 N–H and O–H groups in total. The van der Waals surface area contributed by atoms with Gasteiger partial charge in [-0.1, -0.05) is 17.7 Å². The number of methoxy groups -OCH3 is 1. The lowest BCUT2D eigenvalue weighted by Crippen LogP contribution is -2.16. The van der Waals surface area contributed by atoms with Gasteiger partial charge in [-0.3, -0.25) is 0 Å². The SMILES string of the molecule is COC(=O)c1cccc(S(=O)(=O)Nc2nc(Cl)cc(-c3c(C)cc(F)cc3C)n2)c1. The molecule has 3 rings (SSSR count). The molecule has 2 aromatic carbocycles. The summed E-state index contributed by atoms with van der Waals surface area (Å²) in [5.74, 6) is -1.32. The highest BCUT2D eigenvalue weighted by Crippen LogP contribution is 2.29. The number of aryl methyl sites for hydroxylation is 2. The molecule has 0 saturated carbocycles. The Balaban J connectivity index is 2.01. The lowest BCUT2D eigenvalue weighted by atomic mass is 9.99. The van der Waals surface area contributed by atoms with E-state index < -0.39 is 16.0 Å². The third kappa shape index (κ3) is 4.58. The van der Waals surface area contributed by atoms with Gasteiger partial charge in [0, 0.05) is 11.6 Å². The smallest absolute Gasteiger partial charge is 0.337 e. The lowest BCUT2D eigenvalue weighted by Gasteiger charge is -2.12. The number of anilines is 1. The number of ether oxygens (including phenoxy) is 1. The summed E-state index contributed by atoms with van der Waals surface area (Å²) in [6, 6.07) is 9.49. The summed E-state index contributed by atoms with van der Waals surface area (Å²) in [6.07, 6.45) is 0. The van der Waals surface area contributed by atoms with Gasteiger partial charge in [0.1, 0.15) is 11.0 Å². The fourth-order valence-electron chi connectivity index (χ4n) is 2.99. The molecule has 0 atom stereocenters. The van der Waals surface area contributed by atoms with E-state index in [9.17, 15) is 17.6 Å². The Morgan fingerprint density at radius 3 is 2.40 bits per heavy atom. The zero-order chi connectivity index (χ0) is 22.1. The van der Waals surface area contributed by atoms with E-state index in [0.29, 0.717) is 22.4 Å². The number of aromatic nitrogens is 2. The number of halogens is 2. The van der Waals surface area contributed by atoms with Crippen LogP contribution in [-0.4, -0.2) is 31.5 Å². The Morgan fingerprint density at radius 2 is 1.77 bits per heavy atom. The second-order valence-electron chi connectivity index (χ2n) is 6.44. The molecule has 30 heavy (non-hydrogen) atoms. The van der Waals surface area contributed by atoms with Crippen LogP contribution in [0.1, 0.15) is 21.5 Å². The molecule has 0 aliphatic heterocycles. The van der Waals surface area contributed by atoms with Gasteiger partial charge in [-0.25, -0.2) is 32.3 Å². The minimum absolute atomic E-state index is 0.00383. The van der Waals surface area contributed by atoms with Gasteiger partial charge >= 0.3 is 5.97 Å². The van der Waals surface area contributed by atoms with E-state index in [1.54, 1.807) is 13.8 Å². The molecule has 156 valence electrons. The number of nitrogens with one attached hydrogen (secondary N) is 1. The molecule has 1 heterocycles. The maximum atomic E-state index is 13.6. The van der Waals surface area contributed by atoms with E-state index in [1.165, 1.54) is 49.6 Å². The largest absolute Gasteiger partial charge is 0.465 e. The van der Waals surface area contributed by atoms with Crippen molar-refractivity contribution in [2.24, 2.45) is 0 Å². The van der Waals surface area contributed by atoms with Crippen LogP contribution in [0.25, 0.3) is 11.3 Å². The normalized spacial score (nSPS) is 11.2.